The number of ether oxygens (including phenoxy) is 1. The summed E-state index contributed by atoms with van der Waals surface area (Å²) < 4.78 is 5.73. The maximum Gasteiger partial charge on any atom is 0.119 e. The van der Waals surface area contributed by atoms with Gasteiger partial charge in [-0.05, 0) is 71.4 Å². The molecule has 0 aromatic heterocycles. The van der Waals surface area contributed by atoms with E-state index in [1.807, 2.05) is 0 Å². The molecule has 2 saturated carbocycles. The van der Waals surface area contributed by atoms with Gasteiger partial charge in [0.2, 0.25) is 0 Å². The van der Waals surface area contributed by atoms with Crippen LogP contribution in [-0.4, -0.2) is 11.9 Å². The van der Waals surface area contributed by atoms with Crippen LogP contribution in [0.25, 0.3) is 11.1 Å². The fraction of sp³-hybridized carbons (Fsp3) is 0.391. The molecule has 0 N–H and O–H groups in total. The Morgan fingerprint density at radius 2 is 1.88 bits per heavy atom. The van der Waals surface area contributed by atoms with Gasteiger partial charge in [-0.25, -0.2) is 0 Å². The Morgan fingerprint density at radius 3 is 2.72 bits per heavy atom. The van der Waals surface area contributed by atoms with Crippen LogP contribution in [0, 0.1) is 17.8 Å². The normalized spacial score (nSPS) is 38.9. The third kappa shape index (κ3) is 1.58. The summed E-state index contributed by atoms with van der Waals surface area (Å²) in [6, 6.07) is 15.7. The molecule has 5 atom stereocenters. The second-order valence-electron chi connectivity index (χ2n) is 8.41. The first-order chi connectivity index (χ1) is 12.2. The lowest BCUT2D eigenvalue weighted by molar-refractivity contribution is 0.402. The van der Waals surface area contributed by atoms with Crippen LogP contribution in [0.3, 0.4) is 0 Å². The Hall–Kier alpha value is -1.67. The van der Waals surface area contributed by atoms with E-state index in [0.29, 0.717) is 11.8 Å². The highest BCUT2D eigenvalue weighted by molar-refractivity contribution is 7.81. The molecular formula is C23H22OS. The molecule has 2 aromatic rings. The Bertz CT molecular complexity index is 931. The molecule has 2 bridgehead atoms. The summed E-state index contributed by atoms with van der Waals surface area (Å²) >= 11 is 5.34. The Balaban J connectivity index is 1.60. The fourth-order valence-corrected chi connectivity index (χ4v) is 7.28. The first kappa shape index (κ1) is 14.5. The molecule has 1 spiro atoms. The summed E-state index contributed by atoms with van der Waals surface area (Å²) in [5.41, 5.74) is 5.90. The van der Waals surface area contributed by atoms with E-state index >= 15 is 0 Å². The minimum absolute atomic E-state index is 0.107. The molecule has 1 nitrogen and oxygen atoms in total. The van der Waals surface area contributed by atoms with E-state index in [4.69, 9.17) is 17.4 Å². The zero-order chi connectivity index (χ0) is 16.8. The van der Waals surface area contributed by atoms with Crippen LogP contribution >= 0.6 is 12.6 Å². The van der Waals surface area contributed by atoms with Gasteiger partial charge in [-0.15, -0.1) is 0 Å². The highest BCUT2D eigenvalue weighted by atomic mass is 32.1. The first-order valence-corrected chi connectivity index (χ1v) is 9.79. The highest BCUT2D eigenvalue weighted by Gasteiger charge is 2.65. The van der Waals surface area contributed by atoms with Crippen molar-refractivity contribution >= 4 is 12.6 Å². The zero-order valence-corrected chi connectivity index (χ0v) is 15.3. The average Bonchev–Trinajstić information content (AvgIpc) is 3.35. The zero-order valence-electron chi connectivity index (χ0n) is 14.4. The van der Waals surface area contributed by atoms with Gasteiger partial charge in [-0.1, -0.05) is 42.5 Å². The minimum atomic E-state index is 0.107. The number of hydrogen-bond donors (Lipinski definition) is 1. The summed E-state index contributed by atoms with van der Waals surface area (Å²) in [5.74, 6) is 3.03. The molecule has 0 heterocycles. The number of allylic oxidation sites excluding steroid dienone is 2. The van der Waals surface area contributed by atoms with Gasteiger partial charge in [0.25, 0.3) is 0 Å². The van der Waals surface area contributed by atoms with Crippen molar-refractivity contribution in [1.29, 1.82) is 0 Å². The molecule has 5 unspecified atom stereocenters. The van der Waals surface area contributed by atoms with Crippen LogP contribution in [-0.2, 0) is 5.41 Å². The third-order valence-electron chi connectivity index (χ3n) is 7.55. The number of thiol groups is 1. The smallest absolute Gasteiger partial charge is 0.119 e. The van der Waals surface area contributed by atoms with Gasteiger partial charge in [0.05, 0.1) is 7.11 Å². The van der Waals surface area contributed by atoms with Crippen molar-refractivity contribution in [2.45, 2.75) is 29.4 Å². The number of rotatable bonds is 1. The molecule has 0 amide bonds. The van der Waals surface area contributed by atoms with E-state index in [2.05, 4.69) is 54.6 Å². The van der Waals surface area contributed by atoms with Crippen LogP contribution in [0.1, 0.15) is 30.4 Å². The highest BCUT2D eigenvalue weighted by Crippen LogP contribution is 2.70. The lowest BCUT2D eigenvalue weighted by Gasteiger charge is -2.33. The van der Waals surface area contributed by atoms with E-state index in [0.717, 1.165) is 18.1 Å². The predicted molar refractivity (Wildman–Crippen MR) is 104 cm³/mol. The summed E-state index contributed by atoms with van der Waals surface area (Å²) in [6.07, 6.45) is 8.60. The lowest BCUT2D eigenvalue weighted by Crippen LogP contribution is -2.32. The van der Waals surface area contributed by atoms with Crippen molar-refractivity contribution < 1.29 is 4.74 Å². The SMILES string of the molecule is COc1ccc2c(c1)C1(CC3C4C=CC(C4)C3(S)C1)c1ccccc1-2. The van der Waals surface area contributed by atoms with Crippen LogP contribution < -0.4 is 4.74 Å². The number of hydrogen-bond acceptors (Lipinski definition) is 2. The van der Waals surface area contributed by atoms with Gasteiger partial charge in [0.15, 0.2) is 0 Å². The van der Waals surface area contributed by atoms with Crippen LogP contribution in [0.15, 0.2) is 54.6 Å². The molecule has 2 aromatic carbocycles. The Morgan fingerprint density at radius 1 is 1.04 bits per heavy atom. The average molecular weight is 346 g/mol. The van der Waals surface area contributed by atoms with Crippen molar-refractivity contribution in [1.82, 2.24) is 0 Å². The van der Waals surface area contributed by atoms with Crippen molar-refractivity contribution in [3.05, 3.63) is 65.7 Å². The molecule has 4 aliphatic carbocycles. The van der Waals surface area contributed by atoms with E-state index in [9.17, 15) is 0 Å². The second-order valence-corrected chi connectivity index (χ2v) is 9.24. The molecule has 4 aliphatic rings. The monoisotopic (exact) mass is 346 g/mol. The van der Waals surface area contributed by atoms with Gasteiger partial charge in [0.1, 0.15) is 5.75 Å². The van der Waals surface area contributed by atoms with Gasteiger partial charge < -0.3 is 4.74 Å². The van der Waals surface area contributed by atoms with Gasteiger partial charge >= 0.3 is 0 Å². The number of fused-ring (bicyclic) bond motifs is 10. The second kappa shape index (κ2) is 4.54. The third-order valence-corrected chi connectivity index (χ3v) is 8.37. The van der Waals surface area contributed by atoms with Gasteiger partial charge in [0, 0.05) is 10.2 Å². The number of benzene rings is 2. The quantitative estimate of drug-likeness (QED) is 0.548. The lowest BCUT2D eigenvalue weighted by atomic mass is 9.74. The van der Waals surface area contributed by atoms with Crippen molar-refractivity contribution in [2.24, 2.45) is 17.8 Å². The minimum Gasteiger partial charge on any atom is -0.497 e. The fourth-order valence-electron chi connectivity index (χ4n) is 6.54. The van der Waals surface area contributed by atoms with E-state index in [-0.39, 0.29) is 10.2 Å². The summed E-state index contributed by atoms with van der Waals surface area (Å²) in [7, 11) is 1.77. The predicted octanol–water partition coefficient (Wildman–Crippen LogP) is 5.25. The van der Waals surface area contributed by atoms with Crippen molar-refractivity contribution in [3.8, 4) is 16.9 Å². The molecule has 6 rings (SSSR count). The molecule has 0 saturated heterocycles. The summed E-state index contributed by atoms with van der Waals surface area (Å²) in [5, 5.41) is 0. The maximum absolute atomic E-state index is 5.58. The van der Waals surface area contributed by atoms with E-state index in [1.165, 1.54) is 35.1 Å². The van der Waals surface area contributed by atoms with Crippen LogP contribution in [0.4, 0.5) is 0 Å². The van der Waals surface area contributed by atoms with E-state index < -0.39 is 0 Å². The topological polar surface area (TPSA) is 9.23 Å². The molecule has 25 heavy (non-hydrogen) atoms. The molecule has 126 valence electrons. The van der Waals surface area contributed by atoms with Crippen LogP contribution in [0.2, 0.25) is 0 Å². The molecule has 2 heteroatoms. The van der Waals surface area contributed by atoms with Crippen molar-refractivity contribution in [3.63, 3.8) is 0 Å². The van der Waals surface area contributed by atoms with Crippen LogP contribution in [0.5, 0.6) is 5.75 Å². The van der Waals surface area contributed by atoms with Gasteiger partial charge in [-0.2, -0.15) is 12.6 Å². The summed E-state index contributed by atoms with van der Waals surface area (Å²) in [4.78, 5) is 0. The first-order valence-electron chi connectivity index (χ1n) is 9.35. The Labute approximate surface area is 154 Å². The Kier molecular flexibility index (Phi) is 2.63. The molecule has 2 fully saturated rings. The van der Waals surface area contributed by atoms with E-state index in [1.54, 1.807) is 7.11 Å². The summed E-state index contributed by atoms with van der Waals surface area (Å²) in [6.45, 7) is 0. The van der Waals surface area contributed by atoms with Crippen molar-refractivity contribution in [2.75, 3.05) is 7.11 Å². The standard InChI is InChI=1S/C23H22OS/c1-24-16-8-9-18-17-4-2-3-5-19(17)22(20(18)11-16)12-21-14-6-7-15(10-14)23(21,25)13-22/h2-9,11,14-15,21,25H,10,12-13H2,1H3. The molecule has 0 radical (unpaired) electrons. The molecule has 0 aliphatic heterocycles. The largest absolute Gasteiger partial charge is 0.497 e. The molecular weight excluding hydrogens is 324 g/mol. The van der Waals surface area contributed by atoms with Gasteiger partial charge in [-0.3, -0.25) is 0 Å². The number of methoxy groups -OCH3 is 1. The maximum atomic E-state index is 5.58.